The van der Waals surface area contributed by atoms with Gasteiger partial charge in [0, 0.05) is 17.7 Å². The number of methoxy groups -OCH3 is 3. The van der Waals surface area contributed by atoms with E-state index < -0.39 is 18.0 Å². The Balaban J connectivity index is 2.05. The van der Waals surface area contributed by atoms with Crippen LogP contribution in [0.5, 0.6) is 17.2 Å². The van der Waals surface area contributed by atoms with E-state index in [1.165, 1.54) is 40.4 Å². The largest absolute Gasteiger partial charge is 0.496 e. The minimum Gasteiger partial charge on any atom is -0.496 e. The van der Waals surface area contributed by atoms with Crippen molar-refractivity contribution >= 4 is 35.2 Å². The molecule has 2 aromatic carbocycles. The van der Waals surface area contributed by atoms with Crippen LogP contribution < -0.4 is 19.5 Å². The average Bonchev–Trinajstić information content (AvgIpc) is 2.72. The number of para-hydroxylation sites is 1. The van der Waals surface area contributed by atoms with Crippen molar-refractivity contribution in [3.8, 4) is 17.2 Å². The number of esters is 1. The van der Waals surface area contributed by atoms with Gasteiger partial charge < -0.3 is 24.3 Å². The summed E-state index contributed by atoms with van der Waals surface area (Å²) in [6.07, 6.45) is 1.68. The van der Waals surface area contributed by atoms with Crippen molar-refractivity contribution in [2.45, 2.75) is 13.0 Å². The molecule has 0 fully saturated rings. The van der Waals surface area contributed by atoms with Gasteiger partial charge in [-0.25, -0.2) is 4.79 Å². The van der Waals surface area contributed by atoms with Gasteiger partial charge in [-0.3, -0.25) is 4.79 Å². The molecule has 1 amide bonds. The van der Waals surface area contributed by atoms with E-state index >= 15 is 0 Å². The van der Waals surface area contributed by atoms with Crippen LogP contribution in [0.4, 0.5) is 5.69 Å². The number of halogens is 1. The summed E-state index contributed by atoms with van der Waals surface area (Å²) in [7, 11) is 4.52. The first-order valence-electron chi connectivity index (χ1n) is 8.63. The van der Waals surface area contributed by atoms with Crippen molar-refractivity contribution in [2.24, 2.45) is 0 Å². The van der Waals surface area contributed by atoms with Gasteiger partial charge in [0.2, 0.25) is 0 Å². The lowest BCUT2D eigenvalue weighted by Gasteiger charge is -2.13. The lowest BCUT2D eigenvalue weighted by molar-refractivity contribution is -0.148. The standard InChI is InChI=1S/C21H22ClNO6/c1-13(21(25)23-16-8-6-5-7-15(16)22)29-20(24)10-9-14-11-18(27-3)19(28-4)12-17(14)26-2/h5-13H,1-4H3,(H,23,25)/b10-9+/t13-/m0/s1. The van der Waals surface area contributed by atoms with Crippen molar-refractivity contribution in [1.82, 2.24) is 0 Å². The molecular formula is C21H22ClNO6. The predicted molar refractivity (Wildman–Crippen MR) is 111 cm³/mol. The number of benzene rings is 2. The second kappa shape index (κ2) is 10.4. The maximum atomic E-state index is 12.2. The molecule has 0 aliphatic carbocycles. The van der Waals surface area contributed by atoms with E-state index in [4.69, 9.17) is 30.5 Å². The molecule has 2 aromatic rings. The molecule has 0 aromatic heterocycles. The van der Waals surface area contributed by atoms with Crippen molar-refractivity contribution in [3.63, 3.8) is 0 Å². The van der Waals surface area contributed by atoms with Gasteiger partial charge in [-0.1, -0.05) is 23.7 Å². The van der Waals surface area contributed by atoms with Crippen LogP contribution in [0.3, 0.4) is 0 Å². The van der Waals surface area contributed by atoms with Gasteiger partial charge in [0.25, 0.3) is 5.91 Å². The normalized spacial score (nSPS) is 11.6. The first-order valence-corrected chi connectivity index (χ1v) is 9.01. The van der Waals surface area contributed by atoms with E-state index in [1.807, 2.05) is 0 Å². The van der Waals surface area contributed by atoms with E-state index in [9.17, 15) is 9.59 Å². The first kappa shape index (κ1) is 22.1. The molecule has 0 saturated heterocycles. The molecule has 1 atom stereocenters. The van der Waals surface area contributed by atoms with Crippen LogP contribution in [-0.4, -0.2) is 39.3 Å². The summed E-state index contributed by atoms with van der Waals surface area (Å²) in [6.45, 7) is 1.47. The molecule has 1 N–H and O–H groups in total. The number of hydrogen-bond donors (Lipinski definition) is 1. The number of carbonyl (C=O) groups is 2. The van der Waals surface area contributed by atoms with E-state index in [-0.39, 0.29) is 0 Å². The van der Waals surface area contributed by atoms with Gasteiger partial charge in [0.05, 0.1) is 32.0 Å². The molecule has 0 radical (unpaired) electrons. The van der Waals surface area contributed by atoms with Gasteiger partial charge in [0.15, 0.2) is 17.6 Å². The molecule has 8 heteroatoms. The van der Waals surface area contributed by atoms with Crippen LogP contribution in [0, 0.1) is 0 Å². The molecule has 0 saturated carbocycles. The molecule has 154 valence electrons. The molecule has 2 rings (SSSR count). The summed E-state index contributed by atoms with van der Waals surface area (Å²) >= 11 is 6.01. The zero-order valence-corrected chi connectivity index (χ0v) is 17.3. The molecule has 7 nitrogen and oxygen atoms in total. The zero-order chi connectivity index (χ0) is 21.4. The Morgan fingerprint density at radius 1 is 1.00 bits per heavy atom. The van der Waals surface area contributed by atoms with Crippen molar-refractivity contribution in [1.29, 1.82) is 0 Å². The molecule has 0 heterocycles. The summed E-state index contributed by atoms with van der Waals surface area (Å²) in [5.74, 6) is 0.270. The SMILES string of the molecule is COc1cc(OC)c(OC)cc1/C=C/C(=O)O[C@@H](C)C(=O)Nc1ccccc1Cl. The quantitative estimate of drug-likeness (QED) is 0.515. The highest BCUT2D eigenvalue weighted by Gasteiger charge is 2.18. The van der Waals surface area contributed by atoms with Crippen LogP contribution >= 0.6 is 11.6 Å². The smallest absolute Gasteiger partial charge is 0.331 e. The highest BCUT2D eigenvalue weighted by Crippen LogP contribution is 2.35. The average molecular weight is 420 g/mol. The molecular weight excluding hydrogens is 398 g/mol. The topological polar surface area (TPSA) is 83.1 Å². The fraction of sp³-hybridized carbons (Fsp3) is 0.238. The van der Waals surface area contributed by atoms with Crippen LogP contribution in [0.15, 0.2) is 42.5 Å². The third-order valence-electron chi connectivity index (χ3n) is 3.93. The number of carbonyl (C=O) groups excluding carboxylic acids is 2. The monoisotopic (exact) mass is 419 g/mol. The number of rotatable bonds is 8. The van der Waals surface area contributed by atoms with Crippen molar-refractivity contribution in [2.75, 3.05) is 26.6 Å². The van der Waals surface area contributed by atoms with Gasteiger partial charge in [-0.05, 0) is 31.2 Å². The minimum absolute atomic E-state index is 0.389. The molecule has 0 spiro atoms. The Labute approximate surface area is 174 Å². The second-order valence-corrected chi connectivity index (χ2v) is 6.24. The summed E-state index contributed by atoms with van der Waals surface area (Å²) < 4.78 is 20.9. The van der Waals surface area contributed by atoms with E-state index in [2.05, 4.69) is 5.32 Å². The number of nitrogens with one attached hydrogen (secondary N) is 1. The number of hydrogen-bond acceptors (Lipinski definition) is 6. The second-order valence-electron chi connectivity index (χ2n) is 5.83. The fourth-order valence-corrected chi connectivity index (χ4v) is 2.59. The van der Waals surface area contributed by atoms with Gasteiger partial charge >= 0.3 is 5.97 Å². The van der Waals surface area contributed by atoms with Crippen LogP contribution in [0.1, 0.15) is 12.5 Å². The Morgan fingerprint density at radius 2 is 1.62 bits per heavy atom. The Bertz CT molecular complexity index is 912. The summed E-state index contributed by atoms with van der Waals surface area (Å²) in [5.41, 5.74) is 1.02. The number of amides is 1. The van der Waals surface area contributed by atoms with Gasteiger partial charge in [-0.2, -0.15) is 0 Å². The maximum absolute atomic E-state index is 12.2. The highest BCUT2D eigenvalue weighted by atomic mass is 35.5. The van der Waals surface area contributed by atoms with Gasteiger partial charge in [-0.15, -0.1) is 0 Å². The number of anilines is 1. The molecule has 0 aliphatic rings. The third kappa shape index (κ3) is 5.89. The van der Waals surface area contributed by atoms with Crippen LogP contribution in [-0.2, 0) is 14.3 Å². The van der Waals surface area contributed by atoms with Crippen LogP contribution in [0.2, 0.25) is 5.02 Å². The van der Waals surface area contributed by atoms with E-state index in [0.29, 0.717) is 33.5 Å². The number of ether oxygens (including phenoxy) is 4. The summed E-state index contributed by atoms with van der Waals surface area (Å²) in [6, 6.07) is 10.1. The predicted octanol–water partition coefficient (Wildman–Crippen LogP) is 3.95. The van der Waals surface area contributed by atoms with Crippen molar-refractivity contribution in [3.05, 3.63) is 53.1 Å². The molecule has 29 heavy (non-hydrogen) atoms. The Hall–Kier alpha value is -3.19. The first-order chi connectivity index (χ1) is 13.9. The Morgan fingerprint density at radius 3 is 2.24 bits per heavy atom. The maximum Gasteiger partial charge on any atom is 0.331 e. The van der Waals surface area contributed by atoms with Crippen molar-refractivity contribution < 1.29 is 28.5 Å². The minimum atomic E-state index is -1.02. The Kier molecular flexibility index (Phi) is 7.91. The van der Waals surface area contributed by atoms with E-state index in [0.717, 1.165) is 0 Å². The summed E-state index contributed by atoms with van der Waals surface area (Å²) in [5, 5.41) is 3.00. The lowest BCUT2D eigenvalue weighted by atomic mass is 10.1. The zero-order valence-electron chi connectivity index (χ0n) is 16.5. The van der Waals surface area contributed by atoms with E-state index in [1.54, 1.807) is 36.4 Å². The summed E-state index contributed by atoms with van der Waals surface area (Å²) in [4.78, 5) is 24.3. The molecule has 0 aliphatic heterocycles. The highest BCUT2D eigenvalue weighted by molar-refractivity contribution is 6.33. The van der Waals surface area contributed by atoms with Crippen LogP contribution in [0.25, 0.3) is 6.08 Å². The molecule has 0 unspecified atom stereocenters. The fourth-order valence-electron chi connectivity index (χ4n) is 2.40. The molecule has 0 bridgehead atoms. The third-order valence-corrected chi connectivity index (χ3v) is 4.26. The lowest BCUT2D eigenvalue weighted by Crippen LogP contribution is -2.29. The van der Waals surface area contributed by atoms with Gasteiger partial charge in [0.1, 0.15) is 5.75 Å².